The molecule has 1 aliphatic rings. The summed E-state index contributed by atoms with van der Waals surface area (Å²) in [6.07, 6.45) is 3.57. The highest BCUT2D eigenvalue weighted by atomic mass is 32.2. The van der Waals surface area contributed by atoms with Gasteiger partial charge in [0.05, 0.1) is 0 Å². The SMILES string of the molecule is CCC1(C)CCS(=O)CC1. The Labute approximate surface area is 65.7 Å². The van der Waals surface area contributed by atoms with E-state index in [0.717, 1.165) is 24.3 Å². The first-order valence-corrected chi connectivity index (χ1v) is 5.50. The van der Waals surface area contributed by atoms with Crippen molar-refractivity contribution >= 4 is 10.8 Å². The zero-order valence-electron chi connectivity index (χ0n) is 6.85. The lowest BCUT2D eigenvalue weighted by Crippen LogP contribution is -2.27. The Kier molecular flexibility index (Phi) is 2.50. The first-order chi connectivity index (χ1) is 4.66. The fourth-order valence-electron chi connectivity index (χ4n) is 1.30. The second kappa shape index (κ2) is 3.04. The zero-order chi connectivity index (χ0) is 7.61. The Hall–Kier alpha value is 0.150. The van der Waals surface area contributed by atoms with E-state index in [0.29, 0.717) is 5.41 Å². The normalized spacial score (nSPS) is 41.6. The molecule has 0 atom stereocenters. The minimum Gasteiger partial charge on any atom is -0.260 e. The summed E-state index contributed by atoms with van der Waals surface area (Å²) in [5.74, 6) is 1.87. The van der Waals surface area contributed by atoms with E-state index in [2.05, 4.69) is 13.8 Å². The molecule has 1 aliphatic heterocycles. The molecule has 0 amide bonds. The molecule has 1 heterocycles. The molecule has 2 heteroatoms. The second-order valence-electron chi connectivity index (χ2n) is 3.51. The van der Waals surface area contributed by atoms with E-state index in [1.165, 1.54) is 6.42 Å². The minimum atomic E-state index is -0.488. The van der Waals surface area contributed by atoms with Gasteiger partial charge < -0.3 is 0 Å². The highest BCUT2D eigenvalue weighted by Gasteiger charge is 2.27. The Morgan fingerprint density at radius 1 is 1.40 bits per heavy atom. The van der Waals surface area contributed by atoms with Gasteiger partial charge in [0.25, 0.3) is 0 Å². The van der Waals surface area contributed by atoms with Gasteiger partial charge in [-0.1, -0.05) is 20.3 Å². The van der Waals surface area contributed by atoms with Crippen LogP contribution in [-0.4, -0.2) is 15.7 Å². The Morgan fingerprint density at radius 2 is 1.90 bits per heavy atom. The van der Waals surface area contributed by atoms with Crippen LogP contribution in [0.5, 0.6) is 0 Å². The molecule has 1 saturated heterocycles. The van der Waals surface area contributed by atoms with Gasteiger partial charge in [-0.15, -0.1) is 0 Å². The van der Waals surface area contributed by atoms with Crippen LogP contribution in [0.1, 0.15) is 33.1 Å². The monoisotopic (exact) mass is 160 g/mol. The summed E-state index contributed by atoms with van der Waals surface area (Å²) < 4.78 is 11.0. The van der Waals surface area contributed by atoms with Gasteiger partial charge in [-0.3, -0.25) is 4.21 Å². The van der Waals surface area contributed by atoms with E-state index >= 15 is 0 Å². The van der Waals surface area contributed by atoms with Crippen LogP contribution in [0.15, 0.2) is 0 Å². The summed E-state index contributed by atoms with van der Waals surface area (Å²) in [7, 11) is -0.488. The summed E-state index contributed by atoms with van der Waals surface area (Å²) in [5, 5.41) is 0. The quantitative estimate of drug-likeness (QED) is 0.573. The van der Waals surface area contributed by atoms with Crippen LogP contribution in [0.2, 0.25) is 0 Å². The first-order valence-electron chi connectivity index (χ1n) is 4.01. The van der Waals surface area contributed by atoms with Crippen molar-refractivity contribution in [1.29, 1.82) is 0 Å². The predicted octanol–water partition coefficient (Wildman–Crippen LogP) is 1.95. The van der Waals surface area contributed by atoms with E-state index in [1.807, 2.05) is 0 Å². The van der Waals surface area contributed by atoms with Gasteiger partial charge >= 0.3 is 0 Å². The fourth-order valence-corrected chi connectivity index (χ4v) is 2.95. The van der Waals surface area contributed by atoms with E-state index in [9.17, 15) is 4.21 Å². The molecule has 1 nitrogen and oxygen atoms in total. The van der Waals surface area contributed by atoms with Crippen LogP contribution < -0.4 is 0 Å². The molecule has 1 fully saturated rings. The maximum atomic E-state index is 11.0. The van der Waals surface area contributed by atoms with Gasteiger partial charge in [-0.25, -0.2) is 0 Å². The smallest absolute Gasteiger partial charge is 0.0240 e. The average Bonchev–Trinajstić information content (AvgIpc) is 1.96. The van der Waals surface area contributed by atoms with Gasteiger partial charge in [-0.2, -0.15) is 0 Å². The molecule has 0 aromatic heterocycles. The number of hydrogen-bond acceptors (Lipinski definition) is 1. The lowest BCUT2D eigenvalue weighted by molar-refractivity contribution is 0.282. The maximum Gasteiger partial charge on any atom is 0.0240 e. The molecular formula is C8H16OS. The molecular weight excluding hydrogens is 144 g/mol. The van der Waals surface area contributed by atoms with Crippen molar-refractivity contribution in [2.75, 3.05) is 11.5 Å². The van der Waals surface area contributed by atoms with Crippen LogP contribution in [0.4, 0.5) is 0 Å². The standard InChI is InChI=1S/C8H16OS/c1-3-8(2)4-6-10(9)7-5-8/h3-7H2,1-2H3. The maximum absolute atomic E-state index is 11.0. The largest absolute Gasteiger partial charge is 0.260 e. The lowest BCUT2D eigenvalue weighted by Gasteiger charge is -2.31. The molecule has 60 valence electrons. The molecule has 0 aromatic rings. The van der Waals surface area contributed by atoms with Crippen LogP contribution >= 0.6 is 0 Å². The summed E-state index contributed by atoms with van der Waals surface area (Å²) in [6, 6.07) is 0. The molecule has 0 radical (unpaired) electrons. The molecule has 0 spiro atoms. The van der Waals surface area contributed by atoms with Crippen LogP contribution in [-0.2, 0) is 10.8 Å². The van der Waals surface area contributed by atoms with Crippen molar-refractivity contribution < 1.29 is 4.21 Å². The third-order valence-corrected chi connectivity index (χ3v) is 4.04. The molecule has 0 unspecified atom stereocenters. The minimum absolute atomic E-state index is 0.488. The predicted molar refractivity (Wildman–Crippen MR) is 45.5 cm³/mol. The Balaban J connectivity index is 2.46. The van der Waals surface area contributed by atoms with E-state index in [-0.39, 0.29) is 0 Å². The van der Waals surface area contributed by atoms with Crippen molar-refractivity contribution in [3.05, 3.63) is 0 Å². The molecule has 10 heavy (non-hydrogen) atoms. The summed E-state index contributed by atoms with van der Waals surface area (Å²) in [5.41, 5.74) is 0.508. The highest BCUT2D eigenvalue weighted by molar-refractivity contribution is 7.85. The summed E-state index contributed by atoms with van der Waals surface area (Å²) >= 11 is 0. The third-order valence-electron chi connectivity index (χ3n) is 2.72. The third kappa shape index (κ3) is 1.82. The summed E-state index contributed by atoms with van der Waals surface area (Å²) in [4.78, 5) is 0. The Morgan fingerprint density at radius 3 is 2.30 bits per heavy atom. The van der Waals surface area contributed by atoms with Crippen LogP contribution in [0, 0.1) is 5.41 Å². The van der Waals surface area contributed by atoms with Crippen molar-refractivity contribution in [2.45, 2.75) is 33.1 Å². The first kappa shape index (κ1) is 8.25. The zero-order valence-corrected chi connectivity index (χ0v) is 7.67. The second-order valence-corrected chi connectivity index (χ2v) is 5.21. The lowest BCUT2D eigenvalue weighted by atomic mass is 9.82. The molecule has 0 bridgehead atoms. The van der Waals surface area contributed by atoms with Crippen molar-refractivity contribution in [3.63, 3.8) is 0 Å². The van der Waals surface area contributed by atoms with Gasteiger partial charge in [0.15, 0.2) is 0 Å². The molecule has 0 aromatic carbocycles. The van der Waals surface area contributed by atoms with Crippen molar-refractivity contribution in [3.8, 4) is 0 Å². The highest BCUT2D eigenvalue weighted by Crippen LogP contribution is 2.33. The summed E-state index contributed by atoms with van der Waals surface area (Å²) in [6.45, 7) is 4.54. The number of hydrogen-bond donors (Lipinski definition) is 0. The van der Waals surface area contributed by atoms with Crippen LogP contribution in [0.3, 0.4) is 0 Å². The van der Waals surface area contributed by atoms with Gasteiger partial charge in [0, 0.05) is 22.3 Å². The fraction of sp³-hybridized carbons (Fsp3) is 1.00. The average molecular weight is 160 g/mol. The van der Waals surface area contributed by atoms with Gasteiger partial charge in [0.2, 0.25) is 0 Å². The molecule has 1 rings (SSSR count). The van der Waals surface area contributed by atoms with E-state index < -0.39 is 10.8 Å². The topological polar surface area (TPSA) is 17.1 Å². The van der Waals surface area contributed by atoms with Gasteiger partial charge in [0.1, 0.15) is 0 Å². The molecule has 0 N–H and O–H groups in total. The van der Waals surface area contributed by atoms with Crippen molar-refractivity contribution in [2.24, 2.45) is 5.41 Å². The van der Waals surface area contributed by atoms with E-state index in [1.54, 1.807) is 0 Å². The molecule has 0 saturated carbocycles. The van der Waals surface area contributed by atoms with Crippen molar-refractivity contribution in [1.82, 2.24) is 0 Å². The molecule has 0 aliphatic carbocycles. The number of rotatable bonds is 1. The van der Waals surface area contributed by atoms with E-state index in [4.69, 9.17) is 0 Å². The van der Waals surface area contributed by atoms with Crippen LogP contribution in [0.25, 0.3) is 0 Å². The Bertz CT molecular complexity index is 132. The van der Waals surface area contributed by atoms with Gasteiger partial charge in [-0.05, 0) is 18.3 Å².